The van der Waals surface area contributed by atoms with E-state index < -0.39 is 41.5 Å². The van der Waals surface area contributed by atoms with Gasteiger partial charge in [-0.3, -0.25) is 19.5 Å². The average Bonchev–Trinajstić information content (AvgIpc) is 3.25. The predicted molar refractivity (Wildman–Crippen MR) is 156 cm³/mol. The van der Waals surface area contributed by atoms with Crippen molar-refractivity contribution in [1.82, 2.24) is 9.88 Å². The molecule has 2 heterocycles. The minimum Gasteiger partial charge on any atom is -0.481 e. The van der Waals surface area contributed by atoms with Crippen LogP contribution < -0.4 is 0 Å². The van der Waals surface area contributed by atoms with Crippen molar-refractivity contribution in [2.24, 2.45) is 0 Å². The molecule has 0 radical (unpaired) electrons. The highest BCUT2D eigenvalue weighted by molar-refractivity contribution is 6.30. The fourth-order valence-electron chi connectivity index (χ4n) is 5.74. The zero-order chi connectivity index (χ0) is 30.2. The molecule has 10 heteroatoms. The summed E-state index contributed by atoms with van der Waals surface area (Å²) in [6.07, 6.45) is 1.15. The lowest BCUT2D eigenvalue weighted by atomic mass is 9.84. The second kappa shape index (κ2) is 11.5. The van der Waals surface area contributed by atoms with Crippen molar-refractivity contribution in [1.29, 1.82) is 0 Å². The van der Waals surface area contributed by atoms with E-state index >= 15 is 4.39 Å². The zero-order valence-corrected chi connectivity index (χ0v) is 24.2. The van der Waals surface area contributed by atoms with Crippen molar-refractivity contribution < 1.29 is 28.9 Å². The Balaban J connectivity index is 1.81. The Hall–Kier alpha value is -3.82. The Kier molecular flexibility index (Phi) is 8.09. The van der Waals surface area contributed by atoms with Crippen LogP contribution in [0.3, 0.4) is 0 Å². The molecule has 0 saturated heterocycles. The van der Waals surface area contributed by atoms with Gasteiger partial charge < -0.3 is 14.9 Å². The number of methoxy groups -OCH3 is 1. The van der Waals surface area contributed by atoms with Gasteiger partial charge in [-0.15, -0.1) is 0 Å². The van der Waals surface area contributed by atoms with Crippen LogP contribution in [0, 0.1) is 5.82 Å². The van der Waals surface area contributed by atoms with Crippen LogP contribution in [0.25, 0.3) is 0 Å². The van der Waals surface area contributed by atoms with Gasteiger partial charge in [-0.25, -0.2) is 4.39 Å². The van der Waals surface area contributed by atoms with E-state index in [2.05, 4.69) is 4.98 Å². The molecule has 1 aliphatic rings. The standard InChI is InChI=1S/C32H27Cl2FN2O5/c1-3-31(41,27-6-4-5-15-36-27)21-16-24-29(25(35)17-21)32(42-2,20-9-13-23(34)14-10-20)37(30(24)40)26(18-28(38)39)19-7-11-22(33)12-8-19/h4-17,26,41H,3,18H2,1-2H3,(H,38,39)/t26-,31?,32+/m0/s1. The number of carboxylic acid groups (broad SMARTS) is 1. The molecule has 0 aliphatic carbocycles. The molecular formula is C32H27Cl2FN2O5. The summed E-state index contributed by atoms with van der Waals surface area (Å²) in [7, 11) is 1.33. The van der Waals surface area contributed by atoms with Gasteiger partial charge in [0.15, 0.2) is 5.72 Å². The molecule has 5 rings (SSSR count). The highest BCUT2D eigenvalue weighted by Crippen LogP contribution is 2.52. The predicted octanol–water partition coefficient (Wildman–Crippen LogP) is 6.69. The van der Waals surface area contributed by atoms with Crippen LogP contribution in [0.5, 0.6) is 0 Å². The molecule has 1 aliphatic heterocycles. The molecule has 1 unspecified atom stereocenters. The number of carboxylic acids is 1. The largest absolute Gasteiger partial charge is 0.481 e. The number of aliphatic carboxylic acids is 1. The molecule has 2 N–H and O–H groups in total. The number of hydrogen-bond donors (Lipinski definition) is 2. The number of carbonyl (C=O) groups is 2. The normalized spacial score (nSPS) is 18.4. The Bertz CT molecular complexity index is 1640. The van der Waals surface area contributed by atoms with Crippen molar-refractivity contribution in [2.75, 3.05) is 7.11 Å². The number of nitrogens with zero attached hydrogens (tertiary/aromatic N) is 2. The third-order valence-corrected chi connectivity index (χ3v) is 8.26. The Labute approximate surface area is 252 Å². The summed E-state index contributed by atoms with van der Waals surface area (Å²) in [6, 6.07) is 19.3. The van der Waals surface area contributed by atoms with Gasteiger partial charge in [-0.1, -0.05) is 60.5 Å². The minimum absolute atomic E-state index is 0.0750. The number of aromatic nitrogens is 1. The van der Waals surface area contributed by atoms with E-state index in [1.54, 1.807) is 73.7 Å². The molecule has 3 atom stereocenters. The molecule has 216 valence electrons. The molecule has 0 bridgehead atoms. The molecular weight excluding hydrogens is 582 g/mol. The van der Waals surface area contributed by atoms with Gasteiger partial charge >= 0.3 is 5.97 Å². The number of halogens is 3. The maximum absolute atomic E-state index is 16.6. The second-order valence-electron chi connectivity index (χ2n) is 10.0. The summed E-state index contributed by atoms with van der Waals surface area (Å²) in [4.78, 5) is 32.2. The Morgan fingerprint density at radius 3 is 2.26 bits per heavy atom. The lowest BCUT2D eigenvalue weighted by molar-refractivity contribution is -0.142. The molecule has 1 amide bonds. The summed E-state index contributed by atoms with van der Waals surface area (Å²) < 4.78 is 22.6. The summed E-state index contributed by atoms with van der Waals surface area (Å²) in [5, 5.41) is 22.5. The summed E-state index contributed by atoms with van der Waals surface area (Å²) in [5.74, 6) is -2.68. The van der Waals surface area contributed by atoms with Crippen molar-refractivity contribution >= 4 is 35.1 Å². The monoisotopic (exact) mass is 608 g/mol. The first-order valence-corrected chi connectivity index (χ1v) is 13.9. The number of ether oxygens (including phenoxy) is 1. The number of benzene rings is 3. The maximum atomic E-state index is 16.6. The van der Waals surface area contributed by atoms with Crippen LogP contribution in [0.2, 0.25) is 10.0 Å². The van der Waals surface area contributed by atoms with Crippen LogP contribution in [-0.4, -0.2) is 39.1 Å². The smallest absolute Gasteiger partial charge is 0.305 e. The molecule has 42 heavy (non-hydrogen) atoms. The van der Waals surface area contributed by atoms with E-state index in [0.717, 1.165) is 0 Å². The van der Waals surface area contributed by atoms with Gasteiger partial charge in [0.25, 0.3) is 5.91 Å². The number of pyridine rings is 1. The summed E-state index contributed by atoms with van der Waals surface area (Å²) in [6.45, 7) is 1.73. The van der Waals surface area contributed by atoms with Crippen molar-refractivity contribution in [3.8, 4) is 0 Å². The van der Waals surface area contributed by atoms with Gasteiger partial charge in [0.1, 0.15) is 11.4 Å². The highest BCUT2D eigenvalue weighted by atomic mass is 35.5. The first-order valence-electron chi connectivity index (χ1n) is 13.2. The Morgan fingerprint density at radius 1 is 1.07 bits per heavy atom. The van der Waals surface area contributed by atoms with E-state index in [0.29, 0.717) is 21.2 Å². The average molecular weight is 609 g/mol. The van der Waals surface area contributed by atoms with E-state index in [-0.39, 0.29) is 28.8 Å². The van der Waals surface area contributed by atoms with Gasteiger partial charge in [0.05, 0.1) is 29.3 Å². The van der Waals surface area contributed by atoms with Gasteiger partial charge in [-0.05, 0) is 66.1 Å². The van der Waals surface area contributed by atoms with Crippen LogP contribution >= 0.6 is 23.2 Å². The van der Waals surface area contributed by atoms with Gasteiger partial charge in [0, 0.05) is 28.9 Å². The topological polar surface area (TPSA) is 100.0 Å². The Morgan fingerprint density at radius 2 is 1.71 bits per heavy atom. The highest BCUT2D eigenvalue weighted by Gasteiger charge is 2.57. The SMILES string of the molecule is CCC(O)(c1cc(F)c2c(c1)C(=O)N([C@@H](CC(=O)O)c1ccc(Cl)cc1)[C@@]2(OC)c1ccc(Cl)cc1)c1ccccn1. The zero-order valence-electron chi connectivity index (χ0n) is 22.7. The molecule has 1 aromatic heterocycles. The lowest BCUT2D eigenvalue weighted by Gasteiger charge is -2.42. The molecule has 0 saturated carbocycles. The van der Waals surface area contributed by atoms with Gasteiger partial charge in [-0.2, -0.15) is 0 Å². The number of carbonyl (C=O) groups excluding carboxylic acids is 1. The van der Waals surface area contributed by atoms with E-state index in [1.807, 2.05) is 0 Å². The fraction of sp³-hybridized carbons (Fsp3) is 0.219. The third kappa shape index (κ3) is 4.84. The molecule has 0 spiro atoms. The first kappa shape index (κ1) is 29.7. The van der Waals surface area contributed by atoms with Crippen LogP contribution in [-0.2, 0) is 20.9 Å². The third-order valence-electron chi connectivity index (χ3n) is 7.76. The van der Waals surface area contributed by atoms with Crippen molar-refractivity contribution in [3.05, 3.63) is 134 Å². The number of fused-ring (bicyclic) bond motifs is 1. The first-order chi connectivity index (χ1) is 20.1. The van der Waals surface area contributed by atoms with Crippen LogP contribution in [0.4, 0.5) is 4.39 Å². The van der Waals surface area contributed by atoms with E-state index in [4.69, 9.17) is 27.9 Å². The van der Waals surface area contributed by atoms with Crippen LogP contribution in [0.15, 0.2) is 85.1 Å². The maximum Gasteiger partial charge on any atom is 0.305 e. The number of rotatable bonds is 9. The number of hydrogen-bond acceptors (Lipinski definition) is 5. The second-order valence-corrected chi connectivity index (χ2v) is 10.9. The van der Waals surface area contributed by atoms with Gasteiger partial charge in [0.2, 0.25) is 0 Å². The fourth-order valence-corrected chi connectivity index (χ4v) is 5.99. The molecule has 0 fully saturated rings. The van der Waals surface area contributed by atoms with Crippen molar-refractivity contribution in [2.45, 2.75) is 37.1 Å². The summed E-state index contributed by atoms with van der Waals surface area (Å²) >= 11 is 12.3. The van der Waals surface area contributed by atoms with Crippen LogP contribution in [0.1, 0.15) is 64.1 Å². The summed E-state index contributed by atoms with van der Waals surface area (Å²) in [5.41, 5.74) is -2.55. The molecule has 4 aromatic rings. The van der Waals surface area contributed by atoms with E-state index in [1.165, 1.54) is 30.3 Å². The molecule has 3 aromatic carbocycles. The quantitative estimate of drug-likeness (QED) is 0.219. The van der Waals surface area contributed by atoms with Crippen molar-refractivity contribution in [3.63, 3.8) is 0 Å². The number of aliphatic hydroxyl groups is 1. The molecule has 7 nitrogen and oxygen atoms in total. The van der Waals surface area contributed by atoms with E-state index in [9.17, 15) is 19.8 Å². The number of amides is 1. The lowest BCUT2D eigenvalue weighted by Crippen LogP contribution is -2.49. The minimum atomic E-state index is -1.88.